The van der Waals surface area contributed by atoms with Crippen molar-refractivity contribution in [2.75, 3.05) is 13.2 Å². The summed E-state index contributed by atoms with van der Waals surface area (Å²) >= 11 is 0. The predicted molar refractivity (Wildman–Crippen MR) is 110 cm³/mol. The summed E-state index contributed by atoms with van der Waals surface area (Å²) in [6, 6.07) is 22.9. The van der Waals surface area contributed by atoms with E-state index in [1.165, 1.54) is 0 Å². The van der Waals surface area contributed by atoms with Crippen LogP contribution in [0.3, 0.4) is 0 Å². The zero-order valence-electron chi connectivity index (χ0n) is 16.0. The molecule has 142 valence electrons. The SMILES string of the molecule is CCOC(=O)c1cc(N=C(c2ccccc2)c2ccccc2)nc(OCC)c1. The van der Waals surface area contributed by atoms with E-state index in [1.54, 1.807) is 19.1 Å². The Morgan fingerprint density at radius 1 is 0.857 bits per heavy atom. The first-order valence-electron chi connectivity index (χ1n) is 9.22. The highest BCUT2D eigenvalue weighted by Gasteiger charge is 2.13. The smallest absolute Gasteiger partial charge is 0.338 e. The molecule has 0 saturated carbocycles. The second-order valence-corrected chi connectivity index (χ2v) is 5.90. The number of pyridine rings is 1. The van der Waals surface area contributed by atoms with Crippen LogP contribution in [0.25, 0.3) is 0 Å². The van der Waals surface area contributed by atoms with Crippen molar-refractivity contribution in [1.82, 2.24) is 4.98 Å². The molecule has 0 aliphatic rings. The summed E-state index contributed by atoms with van der Waals surface area (Å²) in [5.41, 5.74) is 3.03. The maximum Gasteiger partial charge on any atom is 0.338 e. The molecule has 0 fully saturated rings. The van der Waals surface area contributed by atoms with Crippen molar-refractivity contribution in [1.29, 1.82) is 0 Å². The maximum atomic E-state index is 12.2. The standard InChI is InChI=1S/C23H22N2O3/c1-3-27-21-16-19(23(26)28-4-2)15-20(24-21)25-22(17-11-7-5-8-12-17)18-13-9-6-10-14-18/h5-16H,3-4H2,1-2H3. The summed E-state index contributed by atoms with van der Waals surface area (Å²) in [7, 11) is 0. The number of nitrogens with zero attached hydrogens (tertiary/aromatic N) is 2. The van der Waals surface area contributed by atoms with Gasteiger partial charge in [-0.3, -0.25) is 0 Å². The van der Waals surface area contributed by atoms with E-state index in [0.717, 1.165) is 16.8 Å². The fraction of sp³-hybridized carbons (Fsp3) is 0.174. The first-order valence-corrected chi connectivity index (χ1v) is 9.22. The van der Waals surface area contributed by atoms with Gasteiger partial charge in [0.2, 0.25) is 5.88 Å². The van der Waals surface area contributed by atoms with Crippen molar-refractivity contribution < 1.29 is 14.3 Å². The molecule has 2 aromatic carbocycles. The Balaban J connectivity index is 2.12. The number of ether oxygens (including phenoxy) is 2. The van der Waals surface area contributed by atoms with Crippen LogP contribution in [0, 0.1) is 0 Å². The largest absolute Gasteiger partial charge is 0.478 e. The topological polar surface area (TPSA) is 60.8 Å². The number of hydrogen-bond acceptors (Lipinski definition) is 5. The van der Waals surface area contributed by atoms with Crippen LogP contribution < -0.4 is 4.74 Å². The average Bonchev–Trinajstić information content (AvgIpc) is 2.73. The molecule has 3 rings (SSSR count). The molecule has 1 heterocycles. The Labute approximate surface area is 164 Å². The van der Waals surface area contributed by atoms with E-state index < -0.39 is 5.97 Å². The predicted octanol–water partition coefficient (Wildman–Crippen LogP) is 4.83. The molecule has 0 aliphatic heterocycles. The van der Waals surface area contributed by atoms with Gasteiger partial charge in [0, 0.05) is 17.2 Å². The molecule has 3 aromatic rings. The Morgan fingerprint density at radius 3 is 2.00 bits per heavy atom. The van der Waals surface area contributed by atoms with E-state index in [9.17, 15) is 4.79 Å². The molecular weight excluding hydrogens is 352 g/mol. The molecule has 0 spiro atoms. The number of carbonyl (C=O) groups excluding carboxylic acids is 1. The van der Waals surface area contributed by atoms with E-state index in [0.29, 0.717) is 30.5 Å². The molecule has 0 bridgehead atoms. The molecule has 0 aliphatic carbocycles. The number of esters is 1. The highest BCUT2D eigenvalue weighted by Crippen LogP contribution is 2.22. The van der Waals surface area contributed by atoms with Gasteiger partial charge in [-0.05, 0) is 19.9 Å². The second kappa shape index (κ2) is 9.46. The summed E-state index contributed by atoms with van der Waals surface area (Å²) in [5.74, 6) is 0.298. The van der Waals surface area contributed by atoms with E-state index >= 15 is 0 Å². The number of carbonyl (C=O) groups is 1. The minimum Gasteiger partial charge on any atom is -0.478 e. The van der Waals surface area contributed by atoms with Crippen LogP contribution in [-0.4, -0.2) is 29.9 Å². The van der Waals surface area contributed by atoms with Gasteiger partial charge in [0.15, 0.2) is 5.82 Å². The van der Waals surface area contributed by atoms with Crippen molar-refractivity contribution in [3.8, 4) is 5.88 Å². The van der Waals surface area contributed by atoms with Gasteiger partial charge in [-0.2, -0.15) is 4.98 Å². The van der Waals surface area contributed by atoms with Gasteiger partial charge in [0.05, 0.1) is 24.5 Å². The van der Waals surface area contributed by atoms with Crippen LogP contribution in [0.2, 0.25) is 0 Å². The fourth-order valence-electron chi connectivity index (χ4n) is 2.70. The van der Waals surface area contributed by atoms with Gasteiger partial charge >= 0.3 is 5.97 Å². The van der Waals surface area contributed by atoms with Crippen LogP contribution in [0.4, 0.5) is 5.82 Å². The minimum absolute atomic E-state index is 0.295. The molecule has 0 saturated heterocycles. The molecule has 0 atom stereocenters. The second-order valence-electron chi connectivity index (χ2n) is 5.90. The average molecular weight is 374 g/mol. The first-order chi connectivity index (χ1) is 13.7. The summed E-state index contributed by atoms with van der Waals surface area (Å²) in [6.07, 6.45) is 0. The summed E-state index contributed by atoms with van der Waals surface area (Å²) in [6.45, 7) is 4.36. The molecule has 0 radical (unpaired) electrons. The van der Waals surface area contributed by atoms with E-state index in [2.05, 4.69) is 4.98 Å². The van der Waals surface area contributed by atoms with Crippen LogP contribution >= 0.6 is 0 Å². The van der Waals surface area contributed by atoms with Crippen LogP contribution in [-0.2, 0) is 4.74 Å². The first kappa shape index (κ1) is 19.3. The van der Waals surface area contributed by atoms with Gasteiger partial charge in [0.25, 0.3) is 0 Å². The lowest BCUT2D eigenvalue weighted by atomic mass is 10.0. The number of benzene rings is 2. The number of hydrogen-bond donors (Lipinski definition) is 0. The Kier molecular flexibility index (Phi) is 6.52. The third-order valence-corrected chi connectivity index (χ3v) is 3.91. The van der Waals surface area contributed by atoms with Gasteiger partial charge in [-0.25, -0.2) is 9.79 Å². The lowest BCUT2D eigenvalue weighted by molar-refractivity contribution is 0.0525. The lowest BCUT2D eigenvalue weighted by Gasteiger charge is -2.10. The number of aliphatic imine (C=N–C) groups is 1. The number of rotatable bonds is 7. The van der Waals surface area contributed by atoms with Crippen molar-refractivity contribution in [2.45, 2.75) is 13.8 Å². The van der Waals surface area contributed by atoms with Gasteiger partial charge in [-0.1, -0.05) is 60.7 Å². The van der Waals surface area contributed by atoms with Crippen molar-refractivity contribution >= 4 is 17.5 Å². The van der Waals surface area contributed by atoms with Gasteiger partial charge in [-0.15, -0.1) is 0 Å². The Morgan fingerprint density at radius 2 is 1.46 bits per heavy atom. The molecule has 28 heavy (non-hydrogen) atoms. The molecular formula is C23H22N2O3. The maximum absolute atomic E-state index is 12.2. The van der Waals surface area contributed by atoms with Crippen molar-refractivity contribution in [2.24, 2.45) is 4.99 Å². The van der Waals surface area contributed by atoms with E-state index in [1.807, 2.05) is 67.6 Å². The molecule has 5 nitrogen and oxygen atoms in total. The third-order valence-electron chi connectivity index (χ3n) is 3.91. The van der Waals surface area contributed by atoms with Crippen molar-refractivity contribution in [3.05, 3.63) is 89.5 Å². The zero-order chi connectivity index (χ0) is 19.8. The Hall–Kier alpha value is -3.47. The van der Waals surface area contributed by atoms with Gasteiger partial charge in [0.1, 0.15) is 0 Å². The number of aromatic nitrogens is 1. The van der Waals surface area contributed by atoms with Gasteiger partial charge < -0.3 is 9.47 Å². The van der Waals surface area contributed by atoms with E-state index in [4.69, 9.17) is 14.5 Å². The zero-order valence-corrected chi connectivity index (χ0v) is 16.0. The van der Waals surface area contributed by atoms with Crippen molar-refractivity contribution in [3.63, 3.8) is 0 Å². The summed E-state index contributed by atoms with van der Waals surface area (Å²) in [5, 5.41) is 0. The van der Waals surface area contributed by atoms with Crippen LogP contribution in [0.1, 0.15) is 35.3 Å². The molecule has 1 aromatic heterocycles. The minimum atomic E-state index is -0.428. The third kappa shape index (κ3) is 4.82. The summed E-state index contributed by atoms with van der Waals surface area (Å²) < 4.78 is 10.6. The quantitative estimate of drug-likeness (QED) is 0.439. The fourth-order valence-corrected chi connectivity index (χ4v) is 2.70. The van der Waals surface area contributed by atoms with Crippen LogP contribution in [0.5, 0.6) is 5.88 Å². The Bertz CT molecular complexity index is 913. The monoisotopic (exact) mass is 374 g/mol. The highest BCUT2D eigenvalue weighted by molar-refractivity contribution is 6.13. The summed E-state index contributed by atoms with van der Waals surface area (Å²) in [4.78, 5) is 21.4. The normalized spacial score (nSPS) is 10.2. The lowest BCUT2D eigenvalue weighted by Crippen LogP contribution is -2.07. The molecule has 0 unspecified atom stereocenters. The molecule has 0 amide bonds. The highest BCUT2D eigenvalue weighted by atomic mass is 16.5. The molecule has 0 N–H and O–H groups in total. The van der Waals surface area contributed by atoms with E-state index in [-0.39, 0.29) is 0 Å². The molecule has 5 heteroatoms. The van der Waals surface area contributed by atoms with Crippen LogP contribution in [0.15, 0.2) is 77.8 Å².